The third kappa shape index (κ3) is 1.93. The van der Waals surface area contributed by atoms with Crippen molar-refractivity contribution in [3.8, 4) is 0 Å². The van der Waals surface area contributed by atoms with Crippen molar-refractivity contribution in [1.82, 2.24) is 0 Å². The van der Waals surface area contributed by atoms with Gasteiger partial charge in [-0.25, -0.2) is 0 Å². The topological polar surface area (TPSA) is 20.3 Å². The van der Waals surface area contributed by atoms with Crippen LogP contribution in [0.4, 0.5) is 5.69 Å². The van der Waals surface area contributed by atoms with E-state index >= 15 is 0 Å². The number of para-hydroxylation sites is 1. The van der Waals surface area contributed by atoms with E-state index in [0.29, 0.717) is 6.42 Å². The molecule has 1 aliphatic heterocycles. The molecule has 0 fully saturated rings. The highest BCUT2D eigenvalue weighted by molar-refractivity contribution is 6.03. The molecule has 2 nitrogen and oxygen atoms in total. The minimum Gasteiger partial charge on any atom is -0.287 e. The Bertz CT molecular complexity index is 602. The molecule has 0 saturated heterocycles. The van der Waals surface area contributed by atoms with E-state index in [1.807, 2.05) is 66.9 Å². The average Bonchev–Trinajstić information content (AvgIpc) is 2.73. The summed E-state index contributed by atoms with van der Waals surface area (Å²) in [5.41, 5.74) is 3.18. The van der Waals surface area contributed by atoms with Crippen molar-refractivity contribution in [1.29, 1.82) is 0 Å². The van der Waals surface area contributed by atoms with Crippen molar-refractivity contribution in [2.75, 3.05) is 4.90 Å². The van der Waals surface area contributed by atoms with E-state index in [0.717, 1.165) is 16.8 Å². The van der Waals surface area contributed by atoms with Crippen LogP contribution in [0.3, 0.4) is 0 Å². The molecule has 0 atom stereocenters. The van der Waals surface area contributed by atoms with Gasteiger partial charge in [-0.1, -0.05) is 48.5 Å². The van der Waals surface area contributed by atoms with E-state index in [9.17, 15) is 4.79 Å². The number of rotatable bonds is 2. The molecule has 2 aromatic rings. The van der Waals surface area contributed by atoms with Crippen molar-refractivity contribution in [2.24, 2.45) is 0 Å². The summed E-state index contributed by atoms with van der Waals surface area (Å²) < 4.78 is 0. The van der Waals surface area contributed by atoms with Gasteiger partial charge in [0.25, 0.3) is 0 Å². The number of nitrogens with zero attached hydrogens (tertiary/aromatic N) is 1. The molecule has 0 aromatic heterocycles. The second-order valence-corrected chi connectivity index (χ2v) is 4.30. The van der Waals surface area contributed by atoms with Gasteiger partial charge in [0, 0.05) is 6.20 Å². The first-order valence-electron chi connectivity index (χ1n) is 5.98. The first-order chi connectivity index (χ1) is 8.84. The van der Waals surface area contributed by atoms with E-state index in [1.54, 1.807) is 4.90 Å². The molecule has 0 bridgehead atoms. The first-order valence-corrected chi connectivity index (χ1v) is 5.98. The highest BCUT2D eigenvalue weighted by Crippen LogP contribution is 2.28. The average molecular weight is 235 g/mol. The standard InChI is InChI=1S/C16H13NO/c18-16-12-14-8-4-5-9-15(14)17(16)11-10-13-6-2-1-3-7-13/h1-11H,12H2. The SMILES string of the molecule is O=C1Cc2ccccc2N1C=Cc1ccccc1. The van der Waals surface area contributed by atoms with Gasteiger partial charge >= 0.3 is 0 Å². The maximum absolute atomic E-state index is 11.9. The fraction of sp³-hybridized carbons (Fsp3) is 0.0625. The maximum Gasteiger partial charge on any atom is 0.235 e. The van der Waals surface area contributed by atoms with Gasteiger partial charge in [0.2, 0.25) is 5.91 Å². The Morgan fingerprint density at radius 1 is 0.944 bits per heavy atom. The molecular weight excluding hydrogens is 222 g/mol. The summed E-state index contributed by atoms with van der Waals surface area (Å²) >= 11 is 0. The number of anilines is 1. The van der Waals surface area contributed by atoms with E-state index in [4.69, 9.17) is 0 Å². The fourth-order valence-electron chi connectivity index (χ4n) is 2.17. The number of fused-ring (bicyclic) bond motifs is 1. The first kappa shape index (κ1) is 10.8. The molecule has 0 aliphatic carbocycles. The molecule has 0 radical (unpaired) electrons. The van der Waals surface area contributed by atoms with E-state index in [-0.39, 0.29) is 5.91 Å². The number of hydrogen-bond donors (Lipinski definition) is 0. The van der Waals surface area contributed by atoms with Gasteiger partial charge in [0.15, 0.2) is 0 Å². The number of carbonyl (C=O) groups is 1. The normalized spacial score (nSPS) is 14.2. The molecule has 1 heterocycles. The van der Waals surface area contributed by atoms with Crippen LogP contribution in [0.2, 0.25) is 0 Å². The van der Waals surface area contributed by atoms with Gasteiger partial charge in [-0.15, -0.1) is 0 Å². The molecular formula is C16H13NO. The zero-order valence-electron chi connectivity index (χ0n) is 9.91. The van der Waals surface area contributed by atoms with Crippen LogP contribution in [0, 0.1) is 0 Å². The van der Waals surface area contributed by atoms with Gasteiger partial charge in [-0.05, 0) is 23.3 Å². The Morgan fingerprint density at radius 3 is 2.50 bits per heavy atom. The Morgan fingerprint density at radius 2 is 1.67 bits per heavy atom. The monoisotopic (exact) mass is 235 g/mol. The van der Waals surface area contributed by atoms with Crippen molar-refractivity contribution < 1.29 is 4.79 Å². The summed E-state index contributed by atoms with van der Waals surface area (Å²) in [4.78, 5) is 13.7. The molecule has 0 saturated carbocycles. The predicted molar refractivity (Wildman–Crippen MR) is 73.1 cm³/mol. The molecule has 0 unspecified atom stereocenters. The van der Waals surface area contributed by atoms with E-state index < -0.39 is 0 Å². The summed E-state index contributed by atoms with van der Waals surface area (Å²) in [6.45, 7) is 0. The quantitative estimate of drug-likeness (QED) is 0.782. The smallest absolute Gasteiger partial charge is 0.235 e. The molecule has 1 amide bonds. The Balaban J connectivity index is 1.90. The van der Waals surface area contributed by atoms with Gasteiger partial charge < -0.3 is 0 Å². The van der Waals surface area contributed by atoms with Crippen molar-refractivity contribution in [2.45, 2.75) is 6.42 Å². The van der Waals surface area contributed by atoms with Crippen LogP contribution in [0.15, 0.2) is 60.8 Å². The fourth-order valence-corrected chi connectivity index (χ4v) is 2.17. The molecule has 3 rings (SSSR count). The number of hydrogen-bond acceptors (Lipinski definition) is 1. The molecule has 2 heteroatoms. The zero-order valence-corrected chi connectivity index (χ0v) is 9.91. The van der Waals surface area contributed by atoms with Crippen LogP contribution in [0.5, 0.6) is 0 Å². The lowest BCUT2D eigenvalue weighted by molar-refractivity contribution is -0.116. The van der Waals surface area contributed by atoms with Crippen molar-refractivity contribution in [3.05, 3.63) is 71.9 Å². The third-order valence-corrected chi connectivity index (χ3v) is 3.08. The van der Waals surface area contributed by atoms with Gasteiger partial charge in [0.05, 0.1) is 12.1 Å². The minimum atomic E-state index is 0.128. The summed E-state index contributed by atoms with van der Waals surface area (Å²) in [7, 11) is 0. The lowest BCUT2D eigenvalue weighted by Crippen LogP contribution is -2.19. The van der Waals surface area contributed by atoms with Crippen LogP contribution < -0.4 is 4.90 Å². The van der Waals surface area contributed by atoms with Crippen LogP contribution in [-0.4, -0.2) is 5.91 Å². The van der Waals surface area contributed by atoms with E-state index in [2.05, 4.69) is 0 Å². The third-order valence-electron chi connectivity index (χ3n) is 3.08. The summed E-state index contributed by atoms with van der Waals surface area (Å²) in [6.07, 6.45) is 4.30. The lowest BCUT2D eigenvalue weighted by Gasteiger charge is -2.11. The molecule has 0 spiro atoms. The van der Waals surface area contributed by atoms with Crippen LogP contribution in [-0.2, 0) is 11.2 Å². The molecule has 1 aliphatic rings. The van der Waals surface area contributed by atoms with Crippen LogP contribution in [0.25, 0.3) is 6.08 Å². The maximum atomic E-state index is 11.9. The summed E-state index contributed by atoms with van der Waals surface area (Å²) in [6, 6.07) is 17.9. The largest absolute Gasteiger partial charge is 0.287 e. The second kappa shape index (κ2) is 4.49. The minimum absolute atomic E-state index is 0.128. The van der Waals surface area contributed by atoms with Crippen LogP contribution >= 0.6 is 0 Å². The Hall–Kier alpha value is -2.35. The van der Waals surface area contributed by atoms with Gasteiger partial charge in [-0.2, -0.15) is 0 Å². The van der Waals surface area contributed by atoms with Crippen molar-refractivity contribution >= 4 is 17.7 Å². The van der Waals surface area contributed by atoms with E-state index in [1.165, 1.54) is 0 Å². The molecule has 2 aromatic carbocycles. The lowest BCUT2D eigenvalue weighted by atomic mass is 10.2. The van der Waals surface area contributed by atoms with Gasteiger partial charge in [-0.3, -0.25) is 9.69 Å². The second-order valence-electron chi connectivity index (χ2n) is 4.30. The Labute approximate surface area is 106 Å². The number of amides is 1. The molecule has 88 valence electrons. The molecule has 18 heavy (non-hydrogen) atoms. The molecule has 0 N–H and O–H groups in total. The number of benzene rings is 2. The Kier molecular flexibility index (Phi) is 2.69. The van der Waals surface area contributed by atoms with Crippen LogP contribution in [0.1, 0.15) is 11.1 Å². The predicted octanol–water partition coefficient (Wildman–Crippen LogP) is 3.25. The van der Waals surface area contributed by atoms with Gasteiger partial charge in [0.1, 0.15) is 0 Å². The highest BCUT2D eigenvalue weighted by atomic mass is 16.2. The van der Waals surface area contributed by atoms with Crippen molar-refractivity contribution in [3.63, 3.8) is 0 Å². The summed E-state index contributed by atoms with van der Waals surface area (Å²) in [5, 5.41) is 0. The number of carbonyl (C=O) groups excluding carboxylic acids is 1. The highest BCUT2D eigenvalue weighted by Gasteiger charge is 2.24. The summed E-state index contributed by atoms with van der Waals surface area (Å²) in [5.74, 6) is 0.128. The zero-order chi connectivity index (χ0) is 12.4.